The molecule has 0 saturated heterocycles. The van der Waals surface area contributed by atoms with Crippen LogP contribution in [0.1, 0.15) is 37.3 Å². The number of fused-ring (bicyclic) bond motifs is 1. The maximum Gasteiger partial charge on any atom is 0.0428 e. The lowest BCUT2D eigenvalue weighted by atomic mass is 9.92. The number of anilines is 2. The van der Waals surface area contributed by atoms with Crippen LogP contribution in [-0.4, -0.2) is 6.54 Å². The number of benzene rings is 1. The molecule has 1 aromatic rings. The van der Waals surface area contributed by atoms with Gasteiger partial charge in [-0.2, -0.15) is 0 Å². The third kappa shape index (κ3) is 1.45. The largest absolute Gasteiger partial charge is 0.398 e. The number of nitrogens with two attached hydrogens (primary N) is 1. The fraction of sp³-hybridized carbons (Fsp3) is 0.500. The van der Waals surface area contributed by atoms with Crippen LogP contribution >= 0.6 is 0 Å². The Bertz CT molecular complexity index is 342. The summed E-state index contributed by atoms with van der Waals surface area (Å²) in [7, 11) is 0. The summed E-state index contributed by atoms with van der Waals surface area (Å²) >= 11 is 0. The monoisotopic (exact) mass is 190 g/mol. The van der Waals surface area contributed by atoms with E-state index in [4.69, 9.17) is 5.73 Å². The van der Waals surface area contributed by atoms with Gasteiger partial charge in [-0.25, -0.2) is 0 Å². The molecule has 2 heteroatoms. The van der Waals surface area contributed by atoms with E-state index < -0.39 is 0 Å². The van der Waals surface area contributed by atoms with E-state index in [2.05, 4.69) is 25.2 Å². The maximum atomic E-state index is 6.01. The van der Waals surface area contributed by atoms with Gasteiger partial charge in [0.1, 0.15) is 0 Å². The van der Waals surface area contributed by atoms with Gasteiger partial charge in [-0.15, -0.1) is 0 Å². The third-order valence-corrected chi connectivity index (χ3v) is 2.87. The van der Waals surface area contributed by atoms with Gasteiger partial charge < -0.3 is 11.1 Å². The lowest BCUT2D eigenvalue weighted by Gasteiger charge is -2.24. The predicted octanol–water partition coefficient (Wildman–Crippen LogP) is 2.75. The van der Waals surface area contributed by atoms with Gasteiger partial charge in [-0.1, -0.05) is 19.9 Å². The minimum absolute atomic E-state index is 0.496. The molecule has 0 aromatic heterocycles. The molecule has 1 aromatic carbocycles. The molecule has 0 atom stereocenters. The summed E-state index contributed by atoms with van der Waals surface area (Å²) < 4.78 is 0. The number of nitrogen functional groups attached to an aromatic ring is 1. The maximum absolute atomic E-state index is 6.01. The Kier molecular flexibility index (Phi) is 2.36. The van der Waals surface area contributed by atoms with Crippen molar-refractivity contribution in [1.29, 1.82) is 0 Å². The van der Waals surface area contributed by atoms with Gasteiger partial charge in [0, 0.05) is 23.5 Å². The van der Waals surface area contributed by atoms with Gasteiger partial charge in [-0.3, -0.25) is 0 Å². The molecule has 1 heterocycles. The van der Waals surface area contributed by atoms with Crippen LogP contribution in [0.5, 0.6) is 0 Å². The lowest BCUT2D eigenvalue weighted by Crippen LogP contribution is -2.15. The standard InChI is InChI=1S/C12H18N2/c1-8(2)11-10(13)6-5-9-4-3-7-14-12(9)11/h5-6,8,14H,3-4,7,13H2,1-2H3. The molecule has 0 fully saturated rings. The first-order valence-corrected chi connectivity index (χ1v) is 5.35. The Morgan fingerprint density at radius 3 is 2.86 bits per heavy atom. The average Bonchev–Trinajstić information content (AvgIpc) is 2.17. The molecule has 3 N–H and O–H groups in total. The van der Waals surface area contributed by atoms with Crippen LogP contribution in [0, 0.1) is 0 Å². The van der Waals surface area contributed by atoms with Crippen LogP contribution < -0.4 is 11.1 Å². The van der Waals surface area contributed by atoms with Gasteiger partial charge in [-0.05, 0) is 30.4 Å². The van der Waals surface area contributed by atoms with Crippen LogP contribution in [0.15, 0.2) is 12.1 Å². The van der Waals surface area contributed by atoms with Crippen molar-refractivity contribution in [1.82, 2.24) is 0 Å². The fourth-order valence-electron chi connectivity index (χ4n) is 2.21. The smallest absolute Gasteiger partial charge is 0.0428 e. The van der Waals surface area contributed by atoms with E-state index in [-0.39, 0.29) is 0 Å². The summed E-state index contributed by atoms with van der Waals surface area (Å²) in [6.07, 6.45) is 2.41. The molecule has 0 radical (unpaired) electrons. The molecule has 0 saturated carbocycles. The van der Waals surface area contributed by atoms with Crippen molar-refractivity contribution in [2.75, 3.05) is 17.6 Å². The molecule has 2 rings (SSSR count). The van der Waals surface area contributed by atoms with Crippen molar-refractivity contribution >= 4 is 11.4 Å². The van der Waals surface area contributed by atoms with Crippen LogP contribution in [0.2, 0.25) is 0 Å². The first kappa shape index (κ1) is 9.38. The molecule has 0 bridgehead atoms. The normalized spacial score (nSPS) is 15.1. The minimum Gasteiger partial charge on any atom is -0.398 e. The molecule has 0 amide bonds. The Morgan fingerprint density at radius 2 is 2.14 bits per heavy atom. The third-order valence-electron chi connectivity index (χ3n) is 2.87. The van der Waals surface area contributed by atoms with E-state index >= 15 is 0 Å². The summed E-state index contributed by atoms with van der Waals surface area (Å²) in [6.45, 7) is 5.47. The highest BCUT2D eigenvalue weighted by Gasteiger charge is 2.16. The number of aryl methyl sites for hydroxylation is 1. The van der Waals surface area contributed by atoms with E-state index in [0.29, 0.717) is 5.92 Å². The Hall–Kier alpha value is -1.18. The first-order valence-electron chi connectivity index (χ1n) is 5.35. The zero-order valence-electron chi connectivity index (χ0n) is 8.93. The molecule has 0 unspecified atom stereocenters. The highest BCUT2D eigenvalue weighted by atomic mass is 14.9. The number of nitrogens with one attached hydrogen (secondary N) is 1. The Labute approximate surface area is 85.5 Å². The zero-order chi connectivity index (χ0) is 10.1. The van der Waals surface area contributed by atoms with E-state index in [9.17, 15) is 0 Å². The highest BCUT2D eigenvalue weighted by Crippen LogP contribution is 2.35. The van der Waals surface area contributed by atoms with Crippen LogP contribution in [0.4, 0.5) is 11.4 Å². The van der Waals surface area contributed by atoms with E-state index in [1.807, 2.05) is 6.07 Å². The van der Waals surface area contributed by atoms with Gasteiger partial charge in [0.2, 0.25) is 0 Å². The summed E-state index contributed by atoms with van der Waals surface area (Å²) in [4.78, 5) is 0. The first-order chi connectivity index (χ1) is 6.70. The number of hydrogen-bond donors (Lipinski definition) is 2. The van der Waals surface area contributed by atoms with Crippen molar-refractivity contribution in [2.24, 2.45) is 0 Å². The molecule has 1 aliphatic rings. The number of rotatable bonds is 1. The predicted molar refractivity (Wildman–Crippen MR) is 61.8 cm³/mol. The molecular formula is C12H18N2. The van der Waals surface area contributed by atoms with E-state index in [1.54, 1.807) is 0 Å². The van der Waals surface area contributed by atoms with Gasteiger partial charge in [0.25, 0.3) is 0 Å². The van der Waals surface area contributed by atoms with Crippen LogP contribution in [0.25, 0.3) is 0 Å². The molecule has 0 spiro atoms. The summed E-state index contributed by atoms with van der Waals surface area (Å²) in [5, 5.41) is 3.47. The molecule has 1 aliphatic heterocycles. The highest BCUT2D eigenvalue weighted by molar-refractivity contribution is 5.69. The van der Waals surface area contributed by atoms with E-state index in [1.165, 1.54) is 29.7 Å². The van der Waals surface area contributed by atoms with Crippen molar-refractivity contribution < 1.29 is 0 Å². The topological polar surface area (TPSA) is 38.0 Å². The van der Waals surface area contributed by atoms with Crippen molar-refractivity contribution in [3.05, 3.63) is 23.3 Å². The SMILES string of the molecule is CC(C)c1c(N)ccc2c1NCCC2. The van der Waals surface area contributed by atoms with Gasteiger partial charge in [0.05, 0.1) is 0 Å². The molecular weight excluding hydrogens is 172 g/mol. The Balaban J connectivity index is 2.55. The van der Waals surface area contributed by atoms with Crippen molar-refractivity contribution in [3.63, 3.8) is 0 Å². The zero-order valence-corrected chi connectivity index (χ0v) is 8.93. The summed E-state index contributed by atoms with van der Waals surface area (Å²) in [6, 6.07) is 4.20. The summed E-state index contributed by atoms with van der Waals surface area (Å²) in [5.41, 5.74) is 10.9. The lowest BCUT2D eigenvalue weighted by molar-refractivity contribution is 0.805. The molecule has 2 nitrogen and oxygen atoms in total. The Morgan fingerprint density at radius 1 is 1.36 bits per heavy atom. The van der Waals surface area contributed by atoms with Gasteiger partial charge >= 0.3 is 0 Å². The average molecular weight is 190 g/mol. The summed E-state index contributed by atoms with van der Waals surface area (Å²) in [5.74, 6) is 0.496. The molecule has 0 aliphatic carbocycles. The molecule has 76 valence electrons. The van der Waals surface area contributed by atoms with Crippen molar-refractivity contribution in [3.8, 4) is 0 Å². The molecule has 14 heavy (non-hydrogen) atoms. The number of hydrogen-bond acceptors (Lipinski definition) is 2. The second kappa shape index (κ2) is 3.52. The quantitative estimate of drug-likeness (QED) is 0.668. The van der Waals surface area contributed by atoms with E-state index in [0.717, 1.165) is 12.2 Å². The second-order valence-electron chi connectivity index (χ2n) is 4.29. The van der Waals surface area contributed by atoms with Crippen LogP contribution in [-0.2, 0) is 6.42 Å². The van der Waals surface area contributed by atoms with Crippen molar-refractivity contribution in [2.45, 2.75) is 32.6 Å². The second-order valence-corrected chi connectivity index (χ2v) is 4.29. The van der Waals surface area contributed by atoms with Crippen LogP contribution in [0.3, 0.4) is 0 Å². The fourth-order valence-corrected chi connectivity index (χ4v) is 2.21. The van der Waals surface area contributed by atoms with Gasteiger partial charge in [0.15, 0.2) is 0 Å². The minimum atomic E-state index is 0.496.